The first kappa shape index (κ1) is 14.7. The predicted molar refractivity (Wildman–Crippen MR) is 78.4 cm³/mol. The van der Waals surface area contributed by atoms with E-state index in [-0.39, 0.29) is 12.8 Å². The van der Waals surface area contributed by atoms with Gasteiger partial charge in [-0.05, 0) is 36.2 Å². The van der Waals surface area contributed by atoms with Crippen LogP contribution in [-0.4, -0.2) is 11.1 Å². The number of carboxylic acids is 1. The number of hydrogen-bond acceptors (Lipinski definition) is 4. The number of aliphatic carboxylic acids is 1. The lowest BCUT2D eigenvalue weighted by atomic mass is 10.0. The Morgan fingerprint density at radius 3 is 2.24 bits per heavy atom. The number of nitroso groups, excluding NO2 is 1. The topological polar surface area (TPSA) is 76.0 Å². The van der Waals surface area contributed by atoms with Crippen LogP contribution in [0.3, 0.4) is 0 Å². The highest BCUT2D eigenvalue weighted by molar-refractivity contribution is 5.66. The second-order valence-corrected chi connectivity index (χ2v) is 4.54. The highest BCUT2D eigenvalue weighted by atomic mass is 16.5. The van der Waals surface area contributed by atoms with Gasteiger partial charge in [0.15, 0.2) is 0 Å². The number of carbonyl (C=O) groups is 1. The largest absolute Gasteiger partial charge is 0.481 e. The molecule has 0 heterocycles. The molecule has 1 unspecified atom stereocenters. The first-order chi connectivity index (χ1) is 10.2. The van der Waals surface area contributed by atoms with Crippen LogP contribution >= 0.6 is 0 Å². The van der Waals surface area contributed by atoms with E-state index in [4.69, 9.17) is 9.84 Å². The van der Waals surface area contributed by atoms with Gasteiger partial charge in [-0.1, -0.05) is 35.5 Å². The Morgan fingerprint density at radius 1 is 1.05 bits per heavy atom. The minimum Gasteiger partial charge on any atom is -0.481 e. The maximum Gasteiger partial charge on any atom is 0.303 e. The van der Waals surface area contributed by atoms with Crippen LogP contribution in [0.4, 0.5) is 0 Å². The SMILES string of the molecule is O=NC(CCC(=O)O)c1ccc(Oc2ccccc2)cc1. The van der Waals surface area contributed by atoms with Crippen LogP contribution in [0.5, 0.6) is 11.5 Å². The minimum absolute atomic E-state index is 0.0846. The van der Waals surface area contributed by atoms with E-state index in [9.17, 15) is 9.70 Å². The van der Waals surface area contributed by atoms with Gasteiger partial charge >= 0.3 is 5.97 Å². The Labute approximate surface area is 122 Å². The number of benzene rings is 2. The summed E-state index contributed by atoms with van der Waals surface area (Å²) in [7, 11) is 0. The molecule has 0 spiro atoms. The zero-order valence-electron chi connectivity index (χ0n) is 11.3. The van der Waals surface area contributed by atoms with Gasteiger partial charge in [-0.3, -0.25) is 4.79 Å². The number of carboxylic acid groups (broad SMARTS) is 1. The minimum atomic E-state index is -0.937. The lowest BCUT2D eigenvalue weighted by Gasteiger charge is -2.10. The van der Waals surface area contributed by atoms with Crippen molar-refractivity contribution in [2.24, 2.45) is 5.18 Å². The van der Waals surface area contributed by atoms with E-state index >= 15 is 0 Å². The molecule has 2 aromatic carbocycles. The molecular weight excluding hydrogens is 270 g/mol. The second kappa shape index (κ2) is 7.19. The van der Waals surface area contributed by atoms with Crippen molar-refractivity contribution in [2.45, 2.75) is 18.9 Å². The monoisotopic (exact) mass is 285 g/mol. The molecule has 0 aromatic heterocycles. The molecule has 0 fully saturated rings. The number of hydrogen-bond donors (Lipinski definition) is 1. The van der Waals surface area contributed by atoms with Crippen LogP contribution in [0.15, 0.2) is 59.8 Å². The molecular formula is C16H15NO4. The van der Waals surface area contributed by atoms with Gasteiger partial charge in [0.1, 0.15) is 17.5 Å². The highest BCUT2D eigenvalue weighted by Crippen LogP contribution is 2.26. The molecule has 0 radical (unpaired) electrons. The molecule has 0 aliphatic carbocycles. The van der Waals surface area contributed by atoms with Gasteiger partial charge in [0, 0.05) is 6.42 Å². The molecule has 0 amide bonds. The van der Waals surface area contributed by atoms with Gasteiger partial charge in [0.05, 0.1) is 0 Å². The standard InChI is InChI=1S/C16H15NO4/c18-16(19)11-10-15(17-20)12-6-8-14(9-7-12)21-13-4-2-1-3-5-13/h1-9,15H,10-11H2,(H,18,19). The summed E-state index contributed by atoms with van der Waals surface area (Å²) in [6.45, 7) is 0. The van der Waals surface area contributed by atoms with Crippen LogP contribution in [-0.2, 0) is 4.79 Å². The van der Waals surface area contributed by atoms with Crippen LogP contribution in [0.2, 0.25) is 0 Å². The molecule has 2 aromatic rings. The zero-order valence-corrected chi connectivity index (χ0v) is 11.3. The van der Waals surface area contributed by atoms with Crippen molar-refractivity contribution in [3.63, 3.8) is 0 Å². The molecule has 0 aliphatic rings. The first-order valence-electron chi connectivity index (χ1n) is 6.56. The highest BCUT2D eigenvalue weighted by Gasteiger charge is 2.13. The quantitative estimate of drug-likeness (QED) is 0.775. The smallest absolute Gasteiger partial charge is 0.303 e. The fourth-order valence-corrected chi connectivity index (χ4v) is 1.92. The normalized spacial score (nSPS) is 11.6. The zero-order chi connectivity index (χ0) is 15.1. The second-order valence-electron chi connectivity index (χ2n) is 4.54. The Morgan fingerprint density at radius 2 is 1.67 bits per heavy atom. The summed E-state index contributed by atoms with van der Waals surface area (Å²) in [5, 5.41) is 11.6. The average Bonchev–Trinajstić information content (AvgIpc) is 2.50. The number of ether oxygens (including phenoxy) is 1. The predicted octanol–water partition coefficient (Wildman–Crippen LogP) is 4.15. The van der Waals surface area contributed by atoms with Gasteiger partial charge in [0.2, 0.25) is 0 Å². The number of rotatable bonds is 7. The van der Waals surface area contributed by atoms with Crippen molar-refractivity contribution in [1.82, 2.24) is 0 Å². The summed E-state index contributed by atoms with van der Waals surface area (Å²) in [5.41, 5.74) is 0.687. The van der Waals surface area contributed by atoms with E-state index < -0.39 is 12.0 Å². The van der Waals surface area contributed by atoms with Gasteiger partial charge < -0.3 is 9.84 Å². The fourth-order valence-electron chi connectivity index (χ4n) is 1.92. The fraction of sp³-hybridized carbons (Fsp3) is 0.188. The molecule has 0 aliphatic heterocycles. The van der Waals surface area contributed by atoms with Crippen LogP contribution in [0.25, 0.3) is 0 Å². The van der Waals surface area contributed by atoms with Crippen molar-refractivity contribution in [3.05, 3.63) is 65.1 Å². The first-order valence-corrected chi connectivity index (χ1v) is 6.56. The van der Waals surface area contributed by atoms with E-state index in [0.29, 0.717) is 11.3 Å². The van der Waals surface area contributed by atoms with Crippen LogP contribution in [0, 0.1) is 4.91 Å². The third kappa shape index (κ3) is 4.42. The van der Waals surface area contributed by atoms with Crippen molar-refractivity contribution < 1.29 is 14.6 Å². The molecule has 5 nitrogen and oxygen atoms in total. The molecule has 0 saturated carbocycles. The lowest BCUT2D eigenvalue weighted by molar-refractivity contribution is -0.137. The third-order valence-electron chi connectivity index (χ3n) is 3.00. The summed E-state index contributed by atoms with van der Waals surface area (Å²) >= 11 is 0. The summed E-state index contributed by atoms with van der Waals surface area (Å²) < 4.78 is 5.64. The molecule has 1 N–H and O–H groups in total. The Kier molecular flexibility index (Phi) is 5.04. The van der Waals surface area contributed by atoms with Gasteiger partial charge in [-0.25, -0.2) is 0 Å². The molecule has 108 valence electrons. The van der Waals surface area contributed by atoms with E-state index in [1.54, 1.807) is 24.3 Å². The van der Waals surface area contributed by atoms with Crippen LogP contribution in [0.1, 0.15) is 24.4 Å². The Bertz CT molecular complexity index is 595. The van der Waals surface area contributed by atoms with Crippen LogP contribution < -0.4 is 4.74 Å². The molecule has 21 heavy (non-hydrogen) atoms. The Balaban J connectivity index is 2.03. The lowest BCUT2D eigenvalue weighted by Crippen LogP contribution is -2.00. The molecule has 0 bridgehead atoms. The molecule has 0 saturated heterocycles. The number of para-hydroxylation sites is 1. The van der Waals surface area contributed by atoms with Gasteiger partial charge in [0.25, 0.3) is 0 Å². The molecule has 5 heteroatoms. The van der Waals surface area contributed by atoms with Crippen molar-refractivity contribution >= 4 is 5.97 Å². The average molecular weight is 285 g/mol. The maximum atomic E-state index is 10.8. The molecule has 1 atom stereocenters. The summed E-state index contributed by atoms with van der Waals surface area (Å²) in [6.07, 6.45) is 0.108. The summed E-state index contributed by atoms with van der Waals surface area (Å²) in [5.74, 6) is 0.432. The van der Waals surface area contributed by atoms with E-state index in [1.165, 1.54) is 0 Å². The van der Waals surface area contributed by atoms with Crippen molar-refractivity contribution in [2.75, 3.05) is 0 Å². The van der Waals surface area contributed by atoms with Gasteiger partial charge in [-0.2, -0.15) is 4.91 Å². The van der Waals surface area contributed by atoms with Gasteiger partial charge in [-0.15, -0.1) is 0 Å². The Hall–Kier alpha value is -2.69. The summed E-state index contributed by atoms with van der Waals surface area (Å²) in [6, 6.07) is 15.6. The van der Waals surface area contributed by atoms with E-state index in [0.717, 1.165) is 5.75 Å². The summed E-state index contributed by atoms with van der Waals surface area (Å²) in [4.78, 5) is 21.4. The third-order valence-corrected chi connectivity index (χ3v) is 3.00. The maximum absolute atomic E-state index is 10.8. The number of nitrogens with zero attached hydrogens (tertiary/aromatic N) is 1. The van der Waals surface area contributed by atoms with E-state index in [2.05, 4.69) is 5.18 Å². The van der Waals surface area contributed by atoms with E-state index in [1.807, 2.05) is 30.3 Å². The molecule has 2 rings (SSSR count). The van der Waals surface area contributed by atoms with Crippen molar-refractivity contribution in [3.8, 4) is 11.5 Å². The van der Waals surface area contributed by atoms with Crippen molar-refractivity contribution in [1.29, 1.82) is 0 Å².